The van der Waals surface area contributed by atoms with Gasteiger partial charge < -0.3 is 5.32 Å². The highest BCUT2D eigenvalue weighted by atomic mass is 35.5. The summed E-state index contributed by atoms with van der Waals surface area (Å²) in [6, 6.07) is 19.6. The van der Waals surface area contributed by atoms with Crippen molar-refractivity contribution in [1.82, 2.24) is 0 Å². The molecule has 0 aliphatic heterocycles. The van der Waals surface area contributed by atoms with E-state index >= 15 is 0 Å². The van der Waals surface area contributed by atoms with Crippen LogP contribution in [0.15, 0.2) is 60.7 Å². The van der Waals surface area contributed by atoms with Crippen LogP contribution in [0.4, 0.5) is 5.69 Å². The van der Waals surface area contributed by atoms with Crippen molar-refractivity contribution in [3.05, 3.63) is 76.8 Å². The van der Waals surface area contributed by atoms with Gasteiger partial charge in [0.1, 0.15) is 0 Å². The maximum atomic E-state index is 12.3. The largest absolute Gasteiger partial charge is 0.326 e. The van der Waals surface area contributed by atoms with E-state index in [9.17, 15) is 4.79 Å². The molecule has 3 rings (SSSR count). The number of carbonyl (C=O) groups excluding carboxylic acids is 1. The molecule has 1 N–H and O–H groups in total. The van der Waals surface area contributed by atoms with Crippen LogP contribution in [0, 0.1) is 6.92 Å². The van der Waals surface area contributed by atoms with Crippen LogP contribution in [0.2, 0.25) is 5.02 Å². The number of fused-ring (bicyclic) bond motifs is 1. The normalized spacial score (nSPS) is 10.6. The van der Waals surface area contributed by atoms with E-state index in [1.165, 1.54) is 0 Å². The lowest BCUT2D eigenvalue weighted by molar-refractivity contribution is -0.115. The standard InChI is InChI=1S/C19H16ClNO/c1-13-9-10-16(20)12-18(13)21-19(22)11-15-7-4-6-14-5-2-3-8-17(14)15/h2-10,12H,11H2,1H3,(H,21,22). The van der Waals surface area contributed by atoms with Gasteiger partial charge in [-0.3, -0.25) is 4.79 Å². The Morgan fingerprint density at radius 3 is 2.68 bits per heavy atom. The third-order valence-electron chi connectivity index (χ3n) is 3.70. The van der Waals surface area contributed by atoms with Crippen molar-refractivity contribution in [2.45, 2.75) is 13.3 Å². The van der Waals surface area contributed by atoms with E-state index < -0.39 is 0 Å². The molecule has 0 heterocycles. The molecular weight excluding hydrogens is 294 g/mol. The van der Waals surface area contributed by atoms with E-state index in [2.05, 4.69) is 17.4 Å². The van der Waals surface area contributed by atoms with Crippen LogP contribution in [-0.2, 0) is 11.2 Å². The average molecular weight is 310 g/mol. The first-order chi connectivity index (χ1) is 10.6. The molecule has 3 aromatic carbocycles. The van der Waals surface area contributed by atoms with Crippen molar-refractivity contribution >= 4 is 34.0 Å². The lowest BCUT2D eigenvalue weighted by Crippen LogP contribution is -2.15. The number of rotatable bonds is 3. The predicted molar refractivity (Wildman–Crippen MR) is 92.5 cm³/mol. The second-order valence-electron chi connectivity index (χ2n) is 5.32. The molecule has 110 valence electrons. The van der Waals surface area contributed by atoms with Gasteiger partial charge in [-0.2, -0.15) is 0 Å². The molecule has 0 saturated carbocycles. The van der Waals surface area contributed by atoms with Crippen molar-refractivity contribution in [3.63, 3.8) is 0 Å². The van der Waals surface area contributed by atoms with Crippen LogP contribution < -0.4 is 5.32 Å². The number of anilines is 1. The molecule has 2 nitrogen and oxygen atoms in total. The molecule has 0 atom stereocenters. The van der Waals surface area contributed by atoms with Gasteiger partial charge in [-0.25, -0.2) is 0 Å². The Bertz CT molecular complexity index is 836. The van der Waals surface area contributed by atoms with Crippen LogP contribution in [0.3, 0.4) is 0 Å². The smallest absolute Gasteiger partial charge is 0.228 e. The summed E-state index contributed by atoms with van der Waals surface area (Å²) in [5.41, 5.74) is 2.78. The fourth-order valence-corrected chi connectivity index (χ4v) is 2.72. The second kappa shape index (κ2) is 6.20. The number of aryl methyl sites for hydroxylation is 1. The zero-order valence-corrected chi connectivity index (χ0v) is 13.0. The van der Waals surface area contributed by atoms with Gasteiger partial charge in [0.25, 0.3) is 0 Å². The lowest BCUT2D eigenvalue weighted by Gasteiger charge is -2.10. The minimum atomic E-state index is -0.0401. The van der Waals surface area contributed by atoms with E-state index in [0.29, 0.717) is 11.4 Å². The quantitative estimate of drug-likeness (QED) is 0.726. The maximum absolute atomic E-state index is 12.3. The van der Waals surface area contributed by atoms with Crippen molar-refractivity contribution in [2.24, 2.45) is 0 Å². The Morgan fingerprint density at radius 2 is 1.82 bits per heavy atom. The SMILES string of the molecule is Cc1ccc(Cl)cc1NC(=O)Cc1cccc2ccccc12. The minimum Gasteiger partial charge on any atom is -0.326 e. The molecule has 0 bridgehead atoms. The molecule has 3 heteroatoms. The summed E-state index contributed by atoms with van der Waals surface area (Å²) in [6.07, 6.45) is 0.341. The van der Waals surface area contributed by atoms with Gasteiger partial charge in [0, 0.05) is 10.7 Å². The van der Waals surface area contributed by atoms with Gasteiger partial charge in [-0.1, -0.05) is 60.1 Å². The zero-order valence-electron chi connectivity index (χ0n) is 12.3. The maximum Gasteiger partial charge on any atom is 0.228 e. The van der Waals surface area contributed by atoms with Gasteiger partial charge in [0.2, 0.25) is 5.91 Å². The summed E-state index contributed by atoms with van der Waals surface area (Å²) < 4.78 is 0. The van der Waals surface area contributed by atoms with Crippen LogP contribution in [0.25, 0.3) is 10.8 Å². The Hall–Kier alpha value is -2.32. The van der Waals surface area contributed by atoms with Crippen LogP contribution >= 0.6 is 11.6 Å². The number of halogens is 1. The highest BCUT2D eigenvalue weighted by Crippen LogP contribution is 2.22. The Kier molecular flexibility index (Phi) is 4.12. The topological polar surface area (TPSA) is 29.1 Å². The van der Waals surface area contributed by atoms with Crippen LogP contribution in [0.1, 0.15) is 11.1 Å². The first-order valence-corrected chi connectivity index (χ1v) is 7.54. The summed E-state index contributed by atoms with van der Waals surface area (Å²) in [5.74, 6) is -0.0401. The highest BCUT2D eigenvalue weighted by molar-refractivity contribution is 6.31. The van der Waals surface area contributed by atoms with Crippen molar-refractivity contribution in [1.29, 1.82) is 0 Å². The number of amides is 1. The number of hydrogen-bond donors (Lipinski definition) is 1. The zero-order chi connectivity index (χ0) is 15.5. The average Bonchev–Trinajstić information content (AvgIpc) is 2.51. The van der Waals surface area contributed by atoms with E-state index in [-0.39, 0.29) is 5.91 Å². The van der Waals surface area contributed by atoms with Crippen LogP contribution in [-0.4, -0.2) is 5.91 Å². The molecule has 1 amide bonds. The van der Waals surface area contributed by atoms with Crippen molar-refractivity contribution < 1.29 is 4.79 Å². The number of carbonyl (C=O) groups is 1. The molecular formula is C19H16ClNO. The molecule has 0 spiro atoms. The van der Waals surface area contributed by atoms with E-state index in [1.807, 2.05) is 49.4 Å². The van der Waals surface area contributed by atoms with E-state index in [1.54, 1.807) is 6.07 Å². The molecule has 0 aliphatic rings. The minimum absolute atomic E-state index is 0.0401. The predicted octanol–water partition coefficient (Wildman–Crippen LogP) is 4.98. The number of nitrogens with one attached hydrogen (secondary N) is 1. The number of benzene rings is 3. The fraction of sp³-hybridized carbons (Fsp3) is 0.105. The first kappa shape index (κ1) is 14.6. The summed E-state index contributed by atoms with van der Waals surface area (Å²) in [7, 11) is 0. The van der Waals surface area contributed by atoms with Gasteiger partial charge in [-0.05, 0) is 41.0 Å². The summed E-state index contributed by atoms with van der Waals surface area (Å²) in [5, 5.41) is 5.82. The van der Waals surface area contributed by atoms with Crippen molar-refractivity contribution in [2.75, 3.05) is 5.32 Å². The molecule has 0 unspecified atom stereocenters. The molecule has 3 aromatic rings. The highest BCUT2D eigenvalue weighted by Gasteiger charge is 2.09. The Morgan fingerprint density at radius 1 is 1.05 bits per heavy atom. The first-order valence-electron chi connectivity index (χ1n) is 7.16. The molecule has 0 fully saturated rings. The fourth-order valence-electron chi connectivity index (χ4n) is 2.54. The van der Waals surface area contributed by atoms with Gasteiger partial charge in [0.15, 0.2) is 0 Å². The van der Waals surface area contributed by atoms with Gasteiger partial charge in [0.05, 0.1) is 6.42 Å². The Balaban J connectivity index is 1.83. The molecule has 22 heavy (non-hydrogen) atoms. The second-order valence-corrected chi connectivity index (χ2v) is 5.76. The molecule has 0 saturated heterocycles. The van der Waals surface area contributed by atoms with Gasteiger partial charge in [-0.15, -0.1) is 0 Å². The molecule has 0 aliphatic carbocycles. The van der Waals surface area contributed by atoms with E-state index in [4.69, 9.17) is 11.6 Å². The Labute approximate surface area is 134 Å². The third-order valence-corrected chi connectivity index (χ3v) is 3.94. The van der Waals surface area contributed by atoms with E-state index in [0.717, 1.165) is 27.6 Å². The summed E-state index contributed by atoms with van der Waals surface area (Å²) in [6.45, 7) is 1.95. The summed E-state index contributed by atoms with van der Waals surface area (Å²) >= 11 is 5.99. The third kappa shape index (κ3) is 3.12. The van der Waals surface area contributed by atoms with Crippen LogP contribution in [0.5, 0.6) is 0 Å². The molecule has 0 aromatic heterocycles. The van der Waals surface area contributed by atoms with Crippen molar-refractivity contribution in [3.8, 4) is 0 Å². The number of hydrogen-bond acceptors (Lipinski definition) is 1. The molecule has 0 radical (unpaired) electrons. The van der Waals surface area contributed by atoms with Gasteiger partial charge >= 0.3 is 0 Å². The monoisotopic (exact) mass is 309 g/mol. The lowest BCUT2D eigenvalue weighted by atomic mass is 10.0. The summed E-state index contributed by atoms with van der Waals surface area (Å²) in [4.78, 5) is 12.3.